The van der Waals surface area contributed by atoms with Crippen LogP contribution in [0.3, 0.4) is 0 Å². The molecule has 148 valence electrons. The van der Waals surface area contributed by atoms with Gasteiger partial charge < -0.3 is 17.2 Å². The number of carbonyl (C=O) groups is 1. The molecule has 0 spiro atoms. The summed E-state index contributed by atoms with van der Waals surface area (Å²) in [6.07, 6.45) is 8.55. The van der Waals surface area contributed by atoms with Crippen LogP contribution in [-0.4, -0.2) is 36.5 Å². The lowest BCUT2D eigenvalue weighted by atomic mass is 9.65. The van der Waals surface area contributed by atoms with E-state index in [4.69, 9.17) is 17.2 Å². The molecule has 27 heavy (non-hydrogen) atoms. The van der Waals surface area contributed by atoms with Crippen LogP contribution in [-0.2, 0) is 5.54 Å². The fourth-order valence-corrected chi connectivity index (χ4v) is 4.09. The molecule has 6 heteroatoms. The number of nitrogens with two attached hydrogens (primary N) is 3. The second kappa shape index (κ2) is 8.48. The molecule has 6 nitrogen and oxygen atoms in total. The van der Waals surface area contributed by atoms with Gasteiger partial charge in [0, 0.05) is 12.1 Å². The summed E-state index contributed by atoms with van der Waals surface area (Å²) in [6.45, 7) is 2.71. The highest BCUT2D eigenvalue weighted by molar-refractivity contribution is 5.74. The number of allylic oxidation sites excluding steroid dienone is 2. The zero-order chi connectivity index (χ0) is 20.1. The summed E-state index contributed by atoms with van der Waals surface area (Å²) in [4.78, 5) is 15.7. The predicted molar refractivity (Wildman–Crippen MR) is 110 cm³/mol. The van der Waals surface area contributed by atoms with E-state index in [9.17, 15) is 4.79 Å². The number of rotatable bonds is 6. The molecule has 0 bridgehead atoms. The van der Waals surface area contributed by atoms with E-state index in [0.717, 1.165) is 25.7 Å². The first-order chi connectivity index (χ1) is 12.7. The fourth-order valence-electron chi connectivity index (χ4n) is 4.09. The van der Waals surface area contributed by atoms with E-state index in [1.165, 1.54) is 16.7 Å². The molecule has 0 heterocycles. The Hall–Kier alpha value is -2.47. The molecule has 2 rings (SSSR count). The van der Waals surface area contributed by atoms with E-state index in [0.29, 0.717) is 12.4 Å². The van der Waals surface area contributed by atoms with Crippen LogP contribution in [0.1, 0.15) is 38.2 Å². The third kappa shape index (κ3) is 4.63. The van der Waals surface area contributed by atoms with Crippen LogP contribution in [0.2, 0.25) is 0 Å². The molecule has 0 aromatic heterocycles. The van der Waals surface area contributed by atoms with Crippen LogP contribution in [0.25, 0.3) is 0 Å². The zero-order valence-corrected chi connectivity index (χ0v) is 16.7. The summed E-state index contributed by atoms with van der Waals surface area (Å²) in [5.41, 5.74) is 18.3. The van der Waals surface area contributed by atoms with Crippen LogP contribution in [0.4, 0.5) is 4.79 Å². The van der Waals surface area contributed by atoms with E-state index in [2.05, 4.69) is 56.3 Å². The summed E-state index contributed by atoms with van der Waals surface area (Å²) in [6, 6.07) is 10.1. The molecule has 0 radical (unpaired) electrons. The van der Waals surface area contributed by atoms with Crippen molar-refractivity contribution in [3.05, 3.63) is 60.1 Å². The lowest BCUT2D eigenvalue weighted by Crippen LogP contribution is -2.50. The maximum absolute atomic E-state index is 11.9. The summed E-state index contributed by atoms with van der Waals surface area (Å²) < 4.78 is 0. The Morgan fingerprint density at radius 2 is 1.70 bits per heavy atom. The van der Waals surface area contributed by atoms with Gasteiger partial charge in [-0.25, -0.2) is 4.79 Å². The Bertz CT molecular complexity index is 688. The first kappa shape index (κ1) is 20.8. The van der Waals surface area contributed by atoms with E-state index < -0.39 is 6.03 Å². The molecule has 0 saturated heterocycles. The molecule has 1 aliphatic carbocycles. The van der Waals surface area contributed by atoms with Crippen molar-refractivity contribution < 1.29 is 4.79 Å². The third-order valence-corrected chi connectivity index (χ3v) is 5.95. The first-order valence-corrected chi connectivity index (χ1v) is 9.38. The standard InChI is InChI=1S/C21H33N5O/c1-20(16-26(19(24)27)18(23)10-7-15-22)11-13-21(14-12-20,25(2)3)17-8-5-4-6-9-17/h4-10,15H,11-14,16,22-23H2,1-3H3,(H2,24,27)/b15-7-,18-10+. The topological polar surface area (TPSA) is 102 Å². The van der Waals surface area contributed by atoms with Crippen molar-refractivity contribution in [1.82, 2.24) is 9.80 Å². The van der Waals surface area contributed by atoms with Gasteiger partial charge >= 0.3 is 6.03 Å². The highest BCUT2D eigenvalue weighted by Crippen LogP contribution is 2.48. The van der Waals surface area contributed by atoms with Gasteiger partial charge in [0.25, 0.3) is 0 Å². The van der Waals surface area contributed by atoms with Gasteiger partial charge in [-0.15, -0.1) is 0 Å². The summed E-state index contributed by atoms with van der Waals surface area (Å²) in [5.74, 6) is 0.318. The molecule has 2 amide bonds. The summed E-state index contributed by atoms with van der Waals surface area (Å²) in [5, 5.41) is 0. The molecule has 0 unspecified atom stereocenters. The van der Waals surface area contributed by atoms with E-state index in [1.54, 1.807) is 12.2 Å². The number of amides is 2. The maximum Gasteiger partial charge on any atom is 0.320 e. The molecule has 0 atom stereocenters. The van der Waals surface area contributed by atoms with E-state index in [1.807, 2.05) is 0 Å². The Morgan fingerprint density at radius 3 is 2.19 bits per heavy atom. The zero-order valence-electron chi connectivity index (χ0n) is 16.7. The molecule has 1 aromatic rings. The number of carbonyl (C=O) groups excluding carboxylic acids is 1. The lowest BCUT2D eigenvalue weighted by Gasteiger charge is -2.50. The molecule has 1 aromatic carbocycles. The SMILES string of the molecule is CN(C)C1(c2ccccc2)CCC(C)(CN(C(N)=O)/C(N)=C/C=C\N)CC1. The van der Waals surface area contributed by atoms with Crippen LogP contribution >= 0.6 is 0 Å². The summed E-state index contributed by atoms with van der Waals surface area (Å²) in [7, 11) is 4.29. The van der Waals surface area contributed by atoms with Gasteiger partial charge in [-0.3, -0.25) is 9.80 Å². The number of primary amides is 1. The molecule has 0 aliphatic heterocycles. The maximum atomic E-state index is 11.9. The highest BCUT2D eigenvalue weighted by Gasteiger charge is 2.43. The highest BCUT2D eigenvalue weighted by atomic mass is 16.2. The largest absolute Gasteiger partial charge is 0.405 e. The monoisotopic (exact) mass is 371 g/mol. The van der Waals surface area contributed by atoms with E-state index in [-0.39, 0.29) is 11.0 Å². The number of urea groups is 1. The van der Waals surface area contributed by atoms with Gasteiger partial charge in [-0.1, -0.05) is 37.3 Å². The second-order valence-corrected chi connectivity index (χ2v) is 8.00. The molecular formula is C21H33N5O. The second-order valence-electron chi connectivity index (χ2n) is 8.00. The number of nitrogens with zero attached hydrogens (tertiary/aromatic N) is 2. The molecule has 1 aliphatic rings. The van der Waals surface area contributed by atoms with Crippen LogP contribution in [0.5, 0.6) is 0 Å². The minimum Gasteiger partial charge on any atom is -0.405 e. The van der Waals surface area contributed by atoms with Crippen LogP contribution in [0, 0.1) is 5.41 Å². The van der Waals surface area contributed by atoms with Gasteiger partial charge in [-0.2, -0.15) is 0 Å². The minimum atomic E-state index is -0.539. The van der Waals surface area contributed by atoms with Crippen molar-refractivity contribution in [2.24, 2.45) is 22.6 Å². The first-order valence-electron chi connectivity index (χ1n) is 9.38. The Morgan fingerprint density at radius 1 is 1.11 bits per heavy atom. The van der Waals surface area contributed by atoms with Crippen molar-refractivity contribution in [2.45, 2.75) is 38.1 Å². The van der Waals surface area contributed by atoms with Crippen molar-refractivity contribution in [3.63, 3.8) is 0 Å². The quantitative estimate of drug-likeness (QED) is 0.669. The lowest BCUT2D eigenvalue weighted by molar-refractivity contribution is 0.0332. The minimum absolute atomic E-state index is 0.0159. The van der Waals surface area contributed by atoms with Gasteiger partial charge in [0.05, 0.1) is 0 Å². The Labute approximate surface area is 162 Å². The van der Waals surface area contributed by atoms with Crippen molar-refractivity contribution in [1.29, 1.82) is 0 Å². The molecule has 1 fully saturated rings. The van der Waals surface area contributed by atoms with Gasteiger partial charge in [0.15, 0.2) is 0 Å². The van der Waals surface area contributed by atoms with Gasteiger partial charge in [-0.05, 0) is 69.1 Å². The number of benzene rings is 1. The number of hydrogen-bond acceptors (Lipinski definition) is 4. The van der Waals surface area contributed by atoms with Crippen molar-refractivity contribution in [3.8, 4) is 0 Å². The van der Waals surface area contributed by atoms with Crippen LogP contribution in [0.15, 0.2) is 54.5 Å². The van der Waals surface area contributed by atoms with E-state index >= 15 is 0 Å². The average Bonchev–Trinajstić information content (AvgIpc) is 2.65. The molecule has 1 saturated carbocycles. The van der Waals surface area contributed by atoms with Crippen LogP contribution < -0.4 is 17.2 Å². The smallest absolute Gasteiger partial charge is 0.320 e. The summed E-state index contributed by atoms with van der Waals surface area (Å²) >= 11 is 0. The normalized spacial score (nSPS) is 26.4. The third-order valence-electron chi connectivity index (χ3n) is 5.95. The van der Waals surface area contributed by atoms with Gasteiger partial charge in [0.2, 0.25) is 0 Å². The fraction of sp³-hybridized carbons (Fsp3) is 0.476. The Balaban J connectivity index is 2.19. The molecular weight excluding hydrogens is 338 g/mol. The number of hydrogen-bond donors (Lipinski definition) is 3. The predicted octanol–water partition coefficient (Wildman–Crippen LogP) is 2.68. The van der Waals surface area contributed by atoms with Crippen molar-refractivity contribution >= 4 is 6.03 Å². The molecule has 6 N–H and O–H groups in total. The average molecular weight is 372 g/mol. The van der Waals surface area contributed by atoms with Gasteiger partial charge in [0.1, 0.15) is 5.82 Å². The van der Waals surface area contributed by atoms with Crippen molar-refractivity contribution in [2.75, 3.05) is 20.6 Å². The Kier molecular flexibility index (Phi) is 6.54.